The van der Waals surface area contributed by atoms with E-state index in [1.54, 1.807) is 18.2 Å². The highest BCUT2D eigenvalue weighted by Crippen LogP contribution is 2.31. The number of aromatic hydroxyl groups is 1. The maximum Gasteiger partial charge on any atom is 0.270 e. The molecular weight excluding hydrogens is 440 g/mol. The van der Waals surface area contributed by atoms with Crippen LogP contribution in [0.5, 0.6) is 11.5 Å². The van der Waals surface area contributed by atoms with Gasteiger partial charge in [0, 0.05) is 17.8 Å². The van der Waals surface area contributed by atoms with Crippen molar-refractivity contribution in [3.63, 3.8) is 0 Å². The molecule has 3 aromatic carbocycles. The van der Waals surface area contributed by atoms with Crippen LogP contribution in [0.3, 0.4) is 0 Å². The number of amides is 1. The van der Waals surface area contributed by atoms with E-state index in [1.807, 2.05) is 42.2 Å². The standard InChI is InChI=1S/C28H24N4O3/c1-17-29-24-8-4-20(15-26(24)30-17)19-5-11-27-21(14-19)16-32(12-13-35-27)28(34)25-10-9-23(31-25)18-2-6-22(33)7-3-18/h2-11,14-15,31,33H,12-13,16H2,1H3,(H,29,30). The first-order valence-electron chi connectivity index (χ1n) is 11.5. The van der Waals surface area contributed by atoms with Crippen molar-refractivity contribution in [2.24, 2.45) is 0 Å². The van der Waals surface area contributed by atoms with Crippen LogP contribution in [0.1, 0.15) is 21.9 Å². The number of aromatic amines is 2. The van der Waals surface area contributed by atoms with E-state index < -0.39 is 0 Å². The fourth-order valence-electron chi connectivity index (χ4n) is 4.56. The molecule has 0 radical (unpaired) electrons. The molecule has 0 unspecified atom stereocenters. The van der Waals surface area contributed by atoms with Gasteiger partial charge in [0.25, 0.3) is 5.91 Å². The minimum absolute atomic E-state index is 0.0776. The van der Waals surface area contributed by atoms with E-state index in [9.17, 15) is 9.90 Å². The van der Waals surface area contributed by atoms with Crippen molar-refractivity contribution in [3.05, 3.63) is 89.9 Å². The third-order valence-corrected chi connectivity index (χ3v) is 6.36. The highest BCUT2D eigenvalue weighted by atomic mass is 16.5. The van der Waals surface area contributed by atoms with Crippen molar-refractivity contribution in [2.45, 2.75) is 13.5 Å². The lowest BCUT2D eigenvalue weighted by molar-refractivity contribution is 0.0728. The number of phenolic OH excluding ortho intramolecular Hbond substituents is 1. The summed E-state index contributed by atoms with van der Waals surface area (Å²) in [5.74, 6) is 1.82. The molecule has 0 aliphatic carbocycles. The Bertz CT molecular complexity index is 1550. The van der Waals surface area contributed by atoms with Crippen LogP contribution >= 0.6 is 0 Å². The Morgan fingerprint density at radius 1 is 0.943 bits per heavy atom. The third-order valence-electron chi connectivity index (χ3n) is 6.36. The molecule has 0 spiro atoms. The van der Waals surface area contributed by atoms with Gasteiger partial charge in [-0.2, -0.15) is 0 Å². The second kappa shape index (κ2) is 8.36. The molecule has 7 nitrogen and oxygen atoms in total. The zero-order valence-electron chi connectivity index (χ0n) is 19.2. The number of H-pyrrole nitrogens is 2. The molecule has 1 aliphatic heterocycles. The Morgan fingerprint density at radius 3 is 2.57 bits per heavy atom. The molecule has 3 N–H and O–H groups in total. The lowest BCUT2D eigenvalue weighted by atomic mass is 10.0. The van der Waals surface area contributed by atoms with Crippen molar-refractivity contribution in [1.29, 1.82) is 0 Å². The van der Waals surface area contributed by atoms with Crippen LogP contribution in [0.4, 0.5) is 0 Å². The summed E-state index contributed by atoms with van der Waals surface area (Å²) in [7, 11) is 0. The number of ether oxygens (including phenoxy) is 1. The van der Waals surface area contributed by atoms with Gasteiger partial charge in [-0.1, -0.05) is 12.1 Å². The third kappa shape index (κ3) is 4.01. The quantitative estimate of drug-likeness (QED) is 0.339. The predicted octanol–water partition coefficient (Wildman–Crippen LogP) is 5.27. The Morgan fingerprint density at radius 2 is 1.71 bits per heavy atom. The number of fused-ring (bicyclic) bond motifs is 2. The summed E-state index contributed by atoms with van der Waals surface area (Å²) in [6, 6.07) is 22.9. The number of carbonyl (C=O) groups excluding carboxylic acids is 1. The molecule has 1 aliphatic rings. The summed E-state index contributed by atoms with van der Waals surface area (Å²) >= 11 is 0. The van der Waals surface area contributed by atoms with Crippen molar-refractivity contribution in [1.82, 2.24) is 19.9 Å². The zero-order valence-corrected chi connectivity index (χ0v) is 19.2. The van der Waals surface area contributed by atoms with Crippen molar-refractivity contribution in [2.75, 3.05) is 13.2 Å². The number of rotatable bonds is 3. The summed E-state index contributed by atoms with van der Waals surface area (Å²) < 4.78 is 5.97. The topological polar surface area (TPSA) is 94.2 Å². The summed E-state index contributed by atoms with van der Waals surface area (Å²) in [5, 5.41) is 9.53. The second-order valence-electron chi connectivity index (χ2n) is 8.78. The van der Waals surface area contributed by atoms with Gasteiger partial charge >= 0.3 is 0 Å². The number of aromatic nitrogens is 3. The molecule has 7 heteroatoms. The summed E-state index contributed by atoms with van der Waals surface area (Å²) in [6.07, 6.45) is 0. The molecule has 2 aromatic heterocycles. The fourth-order valence-corrected chi connectivity index (χ4v) is 4.56. The number of imidazole rings is 1. The Hall–Kier alpha value is -4.52. The highest BCUT2D eigenvalue weighted by molar-refractivity contribution is 5.93. The predicted molar refractivity (Wildman–Crippen MR) is 134 cm³/mol. The van der Waals surface area contributed by atoms with E-state index in [0.29, 0.717) is 25.4 Å². The lowest BCUT2D eigenvalue weighted by Gasteiger charge is -2.19. The van der Waals surface area contributed by atoms with Crippen molar-refractivity contribution in [3.8, 4) is 33.9 Å². The van der Waals surface area contributed by atoms with E-state index in [1.165, 1.54) is 0 Å². The number of hydrogen-bond donors (Lipinski definition) is 3. The number of carbonyl (C=O) groups is 1. The molecule has 0 bridgehead atoms. The van der Waals surface area contributed by atoms with E-state index in [-0.39, 0.29) is 11.7 Å². The van der Waals surface area contributed by atoms with Gasteiger partial charge in [0.1, 0.15) is 29.6 Å². The van der Waals surface area contributed by atoms with Gasteiger partial charge in [0.15, 0.2) is 0 Å². The number of nitrogens with zero attached hydrogens (tertiary/aromatic N) is 2. The van der Waals surface area contributed by atoms with Gasteiger partial charge in [-0.05, 0) is 84.3 Å². The summed E-state index contributed by atoms with van der Waals surface area (Å²) in [5.41, 5.74) is 7.30. The van der Waals surface area contributed by atoms with Gasteiger partial charge in [-0.3, -0.25) is 4.79 Å². The first-order valence-corrected chi connectivity index (χ1v) is 11.5. The van der Waals surface area contributed by atoms with E-state index in [0.717, 1.165) is 50.6 Å². The SMILES string of the molecule is Cc1nc2ccc(-c3ccc4c(c3)CN(C(=O)c3ccc(-c5ccc(O)cc5)[nH]3)CCO4)cc2[nH]1. The molecule has 0 saturated heterocycles. The van der Waals surface area contributed by atoms with Crippen LogP contribution in [0, 0.1) is 6.92 Å². The number of phenols is 1. The minimum atomic E-state index is -0.0776. The minimum Gasteiger partial charge on any atom is -0.508 e. The van der Waals surface area contributed by atoms with Gasteiger partial charge in [-0.25, -0.2) is 4.98 Å². The molecule has 5 aromatic rings. The molecule has 35 heavy (non-hydrogen) atoms. The van der Waals surface area contributed by atoms with Crippen LogP contribution in [0.2, 0.25) is 0 Å². The molecule has 6 rings (SSSR count). The van der Waals surface area contributed by atoms with E-state index in [2.05, 4.69) is 39.2 Å². The average molecular weight is 465 g/mol. The number of nitrogens with one attached hydrogen (secondary N) is 2. The maximum atomic E-state index is 13.4. The van der Waals surface area contributed by atoms with Gasteiger partial charge in [0.05, 0.1) is 17.6 Å². The molecule has 1 amide bonds. The van der Waals surface area contributed by atoms with Crippen LogP contribution in [-0.4, -0.2) is 44.0 Å². The monoisotopic (exact) mass is 464 g/mol. The van der Waals surface area contributed by atoms with Crippen LogP contribution in [0.25, 0.3) is 33.4 Å². The summed E-state index contributed by atoms with van der Waals surface area (Å²) in [6.45, 7) is 3.34. The summed E-state index contributed by atoms with van der Waals surface area (Å²) in [4.78, 5) is 26.2. The highest BCUT2D eigenvalue weighted by Gasteiger charge is 2.23. The average Bonchev–Trinajstić information content (AvgIpc) is 3.44. The lowest BCUT2D eigenvalue weighted by Crippen LogP contribution is -2.32. The number of benzene rings is 3. The molecule has 3 heterocycles. The van der Waals surface area contributed by atoms with Crippen LogP contribution in [0.15, 0.2) is 72.8 Å². The first-order chi connectivity index (χ1) is 17.0. The molecule has 0 fully saturated rings. The molecule has 0 atom stereocenters. The Labute approximate surface area is 202 Å². The van der Waals surface area contributed by atoms with Crippen molar-refractivity contribution < 1.29 is 14.6 Å². The van der Waals surface area contributed by atoms with Crippen molar-refractivity contribution >= 4 is 16.9 Å². The molecule has 174 valence electrons. The smallest absolute Gasteiger partial charge is 0.270 e. The zero-order chi connectivity index (χ0) is 23.9. The normalized spacial score (nSPS) is 13.3. The van der Waals surface area contributed by atoms with Gasteiger partial charge in [0.2, 0.25) is 0 Å². The van der Waals surface area contributed by atoms with Crippen LogP contribution in [-0.2, 0) is 6.54 Å². The Balaban J connectivity index is 1.27. The largest absolute Gasteiger partial charge is 0.508 e. The fraction of sp³-hybridized carbons (Fsp3) is 0.143. The number of hydrogen-bond acceptors (Lipinski definition) is 4. The number of aryl methyl sites for hydroxylation is 1. The van der Waals surface area contributed by atoms with E-state index in [4.69, 9.17) is 4.74 Å². The maximum absolute atomic E-state index is 13.4. The Kier molecular flexibility index (Phi) is 5.03. The van der Waals surface area contributed by atoms with Gasteiger partial charge < -0.3 is 24.7 Å². The molecule has 0 saturated carbocycles. The molecular formula is C28H24N4O3. The van der Waals surface area contributed by atoms with E-state index >= 15 is 0 Å². The first kappa shape index (κ1) is 21.0. The second-order valence-corrected chi connectivity index (χ2v) is 8.78. The van der Waals surface area contributed by atoms with Gasteiger partial charge in [-0.15, -0.1) is 0 Å². The van der Waals surface area contributed by atoms with Crippen LogP contribution < -0.4 is 4.74 Å².